The fraction of sp³-hybridized carbons (Fsp3) is 0.368. The number of hydrogen-bond donors (Lipinski definition) is 1. The van der Waals surface area contributed by atoms with Gasteiger partial charge in [0.05, 0.1) is 10.6 Å². The van der Waals surface area contributed by atoms with Crippen LogP contribution in [0.25, 0.3) is 0 Å². The number of aromatic nitrogens is 1. The van der Waals surface area contributed by atoms with Crippen LogP contribution in [0.5, 0.6) is 0 Å². The summed E-state index contributed by atoms with van der Waals surface area (Å²) in [6.45, 7) is 3.43. The Kier molecular flexibility index (Phi) is 5.50. The lowest BCUT2D eigenvalue weighted by molar-refractivity contribution is 0.103. The standard InChI is InChI=1S/C19H20Cl2N2O2/c1-2-3-5-12-10-16(24)23-9-4-8-22-19(23)17(12)18(25)14-11-13(20)6-7-15(14)21/h6-7,10-11,22H,2-5,8-9H2,1H3. The average molecular weight is 379 g/mol. The summed E-state index contributed by atoms with van der Waals surface area (Å²) in [4.78, 5) is 25.7. The van der Waals surface area contributed by atoms with Crippen LogP contribution >= 0.6 is 23.2 Å². The van der Waals surface area contributed by atoms with Gasteiger partial charge in [0.2, 0.25) is 0 Å². The van der Waals surface area contributed by atoms with E-state index in [9.17, 15) is 9.59 Å². The first-order chi connectivity index (χ1) is 12.0. The van der Waals surface area contributed by atoms with Gasteiger partial charge in [-0.2, -0.15) is 0 Å². The molecule has 2 heterocycles. The van der Waals surface area contributed by atoms with E-state index in [0.717, 1.165) is 31.4 Å². The largest absolute Gasteiger partial charge is 0.371 e. The van der Waals surface area contributed by atoms with Gasteiger partial charge in [0.15, 0.2) is 5.78 Å². The lowest BCUT2D eigenvalue weighted by Crippen LogP contribution is -2.32. The monoisotopic (exact) mass is 378 g/mol. The Hall–Kier alpha value is -1.78. The van der Waals surface area contributed by atoms with Crippen molar-refractivity contribution in [1.82, 2.24) is 4.57 Å². The number of anilines is 1. The number of ketones is 1. The van der Waals surface area contributed by atoms with Gasteiger partial charge in [-0.1, -0.05) is 36.5 Å². The molecule has 0 saturated heterocycles. The van der Waals surface area contributed by atoms with Gasteiger partial charge in [-0.3, -0.25) is 14.2 Å². The molecule has 0 spiro atoms. The second kappa shape index (κ2) is 7.63. The Labute approximate surface area is 156 Å². The minimum absolute atomic E-state index is 0.0676. The molecular weight excluding hydrogens is 359 g/mol. The zero-order chi connectivity index (χ0) is 18.0. The third-order valence-electron chi connectivity index (χ3n) is 4.44. The van der Waals surface area contributed by atoms with Gasteiger partial charge in [-0.25, -0.2) is 0 Å². The molecule has 6 heteroatoms. The van der Waals surface area contributed by atoms with Crippen molar-refractivity contribution in [2.24, 2.45) is 0 Å². The predicted octanol–water partition coefficient (Wildman–Crippen LogP) is 4.54. The molecule has 1 aromatic carbocycles. The van der Waals surface area contributed by atoms with E-state index in [1.54, 1.807) is 28.8 Å². The summed E-state index contributed by atoms with van der Waals surface area (Å²) >= 11 is 12.3. The predicted molar refractivity (Wildman–Crippen MR) is 102 cm³/mol. The highest BCUT2D eigenvalue weighted by molar-refractivity contribution is 6.37. The van der Waals surface area contributed by atoms with Crippen molar-refractivity contribution >= 4 is 34.8 Å². The smallest absolute Gasteiger partial charge is 0.252 e. The van der Waals surface area contributed by atoms with Crippen LogP contribution in [0.3, 0.4) is 0 Å². The Morgan fingerprint density at radius 2 is 2.08 bits per heavy atom. The number of benzene rings is 1. The number of carbonyl (C=O) groups is 1. The second-order valence-electron chi connectivity index (χ2n) is 6.22. The van der Waals surface area contributed by atoms with Crippen LogP contribution in [0, 0.1) is 0 Å². The zero-order valence-electron chi connectivity index (χ0n) is 14.1. The SMILES string of the molecule is CCCCc1cc(=O)n2c(c1C(=O)c1cc(Cl)ccc1Cl)NCCC2. The van der Waals surface area contributed by atoms with E-state index in [4.69, 9.17) is 23.2 Å². The van der Waals surface area contributed by atoms with Gasteiger partial charge in [0.25, 0.3) is 5.56 Å². The summed E-state index contributed by atoms with van der Waals surface area (Å²) in [6, 6.07) is 6.46. The van der Waals surface area contributed by atoms with Crippen LogP contribution in [0.1, 0.15) is 47.7 Å². The topological polar surface area (TPSA) is 51.1 Å². The summed E-state index contributed by atoms with van der Waals surface area (Å²) in [7, 11) is 0. The maximum Gasteiger partial charge on any atom is 0.252 e. The number of unbranched alkanes of at least 4 members (excludes halogenated alkanes) is 1. The molecule has 0 bridgehead atoms. The number of fused-ring (bicyclic) bond motifs is 1. The lowest BCUT2D eigenvalue weighted by Gasteiger charge is -2.24. The summed E-state index contributed by atoms with van der Waals surface area (Å²) in [5.74, 6) is 0.405. The normalized spacial score (nSPS) is 13.2. The van der Waals surface area contributed by atoms with Crippen molar-refractivity contribution in [2.45, 2.75) is 39.2 Å². The van der Waals surface area contributed by atoms with Crippen molar-refractivity contribution in [2.75, 3.05) is 11.9 Å². The molecular formula is C19H20Cl2N2O2. The van der Waals surface area contributed by atoms with E-state index in [1.807, 2.05) is 0 Å². The van der Waals surface area contributed by atoms with Gasteiger partial charge in [0.1, 0.15) is 5.82 Å². The Morgan fingerprint density at radius 3 is 2.84 bits per heavy atom. The molecule has 3 rings (SSSR count). The average Bonchev–Trinajstić information content (AvgIpc) is 2.61. The first-order valence-corrected chi connectivity index (χ1v) is 9.29. The third kappa shape index (κ3) is 3.60. The molecule has 1 aliphatic heterocycles. The van der Waals surface area contributed by atoms with Gasteiger partial charge in [-0.15, -0.1) is 0 Å². The van der Waals surface area contributed by atoms with E-state index in [1.165, 1.54) is 0 Å². The molecule has 2 aromatic rings. The van der Waals surface area contributed by atoms with Gasteiger partial charge in [0, 0.05) is 29.7 Å². The molecule has 0 unspecified atom stereocenters. The maximum atomic E-state index is 13.3. The van der Waals surface area contributed by atoms with E-state index < -0.39 is 0 Å². The molecule has 0 fully saturated rings. The molecule has 25 heavy (non-hydrogen) atoms. The number of aryl methyl sites for hydroxylation is 1. The first kappa shape index (κ1) is 18.0. The van der Waals surface area contributed by atoms with Crippen molar-refractivity contribution in [3.05, 3.63) is 61.4 Å². The molecule has 1 aliphatic rings. The molecule has 0 radical (unpaired) electrons. The number of nitrogens with zero attached hydrogens (tertiary/aromatic N) is 1. The first-order valence-electron chi connectivity index (χ1n) is 8.53. The molecule has 132 valence electrons. The summed E-state index contributed by atoms with van der Waals surface area (Å²) in [5, 5.41) is 4.05. The highest BCUT2D eigenvalue weighted by Gasteiger charge is 2.25. The van der Waals surface area contributed by atoms with Crippen LogP contribution in [-0.4, -0.2) is 16.9 Å². The van der Waals surface area contributed by atoms with E-state index in [-0.39, 0.29) is 11.3 Å². The fourth-order valence-corrected chi connectivity index (χ4v) is 3.55. The summed E-state index contributed by atoms with van der Waals surface area (Å²) in [6.07, 6.45) is 3.43. The maximum absolute atomic E-state index is 13.3. The molecule has 1 N–H and O–H groups in total. The Morgan fingerprint density at radius 1 is 1.28 bits per heavy atom. The highest BCUT2D eigenvalue weighted by Crippen LogP contribution is 2.29. The fourth-order valence-electron chi connectivity index (χ4n) is 3.17. The van der Waals surface area contributed by atoms with Crippen molar-refractivity contribution in [3.63, 3.8) is 0 Å². The molecule has 1 aromatic heterocycles. The Bertz CT molecular complexity index is 874. The Balaban J connectivity index is 2.20. The number of carbonyl (C=O) groups excluding carboxylic acids is 1. The molecule has 0 amide bonds. The van der Waals surface area contributed by atoms with Crippen LogP contribution in [-0.2, 0) is 13.0 Å². The van der Waals surface area contributed by atoms with Gasteiger partial charge in [-0.05, 0) is 43.0 Å². The second-order valence-corrected chi connectivity index (χ2v) is 7.06. The van der Waals surface area contributed by atoms with Crippen molar-refractivity contribution in [1.29, 1.82) is 0 Å². The van der Waals surface area contributed by atoms with E-state index in [2.05, 4.69) is 12.2 Å². The molecule has 0 atom stereocenters. The minimum Gasteiger partial charge on any atom is -0.371 e. The molecule has 0 aliphatic carbocycles. The van der Waals surface area contributed by atoms with Crippen LogP contribution < -0.4 is 10.9 Å². The van der Waals surface area contributed by atoms with Crippen LogP contribution in [0.4, 0.5) is 5.82 Å². The number of hydrogen-bond acceptors (Lipinski definition) is 3. The number of nitrogens with one attached hydrogen (secondary N) is 1. The highest BCUT2D eigenvalue weighted by atomic mass is 35.5. The van der Waals surface area contributed by atoms with E-state index in [0.29, 0.717) is 40.0 Å². The van der Waals surface area contributed by atoms with E-state index >= 15 is 0 Å². The van der Waals surface area contributed by atoms with Gasteiger partial charge >= 0.3 is 0 Å². The number of pyridine rings is 1. The lowest BCUT2D eigenvalue weighted by atomic mass is 9.95. The third-order valence-corrected chi connectivity index (χ3v) is 5.01. The number of halogens is 2. The molecule has 0 saturated carbocycles. The number of rotatable bonds is 5. The minimum atomic E-state index is -0.197. The van der Waals surface area contributed by atoms with Crippen LogP contribution in [0.15, 0.2) is 29.1 Å². The summed E-state index contributed by atoms with van der Waals surface area (Å²) in [5.41, 5.74) is 1.60. The quantitative estimate of drug-likeness (QED) is 0.776. The van der Waals surface area contributed by atoms with Crippen molar-refractivity contribution < 1.29 is 4.79 Å². The van der Waals surface area contributed by atoms with Crippen LogP contribution in [0.2, 0.25) is 10.0 Å². The molecule has 4 nitrogen and oxygen atoms in total. The summed E-state index contributed by atoms with van der Waals surface area (Å²) < 4.78 is 1.64. The van der Waals surface area contributed by atoms with Crippen molar-refractivity contribution in [3.8, 4) is 0 Å². The van der Waals surface area contributed by atoms with Gasteiger partial charge < -0.3 is 5.32 Å². The zero-order valence-corrected chi connectivity index (χ0v) is 15.6.